The van der Waals surface area contributed by atoms with Gasteiger partial charge in [-0.25, -0.2) is 5.01 Å². The van der Waals surface area contributed by atoms with Gasteiger partial charge in [-0.3, -0.25) is 15.6 Å². The van der Waals surface area contributed by atoms with Gasteiger partial charge in [0, 0.05) is 31.3 Å². The summed E-state index contributed by atoms with van der Waals surface area (Å²) in [5.41, 5.74) is 9.93. The van der Waals surface area contributed by atoms with E-state index in [1.54, 1.807) is 11.2 Å². The van der Waals surface area contributed by atoms with Gasteiger partial charge in [-0.2, -0.15) is 0 Å². The normalized spacial score (nSPS) is 16.1. The molecule has 3 unspecified atom stereocenters. The van der Waals surface area contributed by atoms with Crippen LogP contribution in [0.1, 0.15) is 65.4 Å². The molecular weight excluding hydrogens is 502 g/mol. The Morgan fingerprint density at radius 2 is 1.90 bits per heavy atom. The number of aromatic nitrogens is 1. The third-order valence-corrected chi connectivity index (χ3v) is 7.19. The van der Waals surface area contributed by atoms with E-state index in [1.165, 1.54) is 0 Å². The number of pyridine rings is 1. The van der Waals surface area contributed by atoms with Crippen molar-refractivity contribution in [1.29, 1.82) is 0 Å². The number of nitrogens with zero attached hydrogens (tertiary/aromatic N) is 2. The summed E-state index contributed by atoms with van der Waals surface area (Å²) >= 11 is 0. The van der Waals surface area contributed by atoms with E-state index in [1.807, 2.05) is 75.4 Å². The molecule has 0 radical (unpaired) electrons. The predicted octanol–water partition coefficient (Wildman–Crippen LogP) is 4.45. The number of amides is 1. The van der Waals surface area contributed by atoms with Crippen LogP contribution < -0.4 is 16.9 Å². The van der Waals surface area contributed by atoms with E-state index in [-0.39, 0.29) is 12.5 Å². The number of ether oxygens (including phenoxy) is 1. The molecule has 2 aromatic rings. The first-order valence-corrected chi connectivity index (χ1v) is 14.3. The molecule has 218 valence electrons. The second-order valence-corrected chi connectivity index (χ2v) is 11.7. The van der Waals surface area contributed by atoms with Crippen LogP contribution in [0.2, 0.25) is 0 Å². The Balaban J connectivity index is 1.65. The van der Waals surface area contributed by atoms with Gasteiger partial charge in [-0.15, -0.1) is 0 Å². The molecule has 6 N–H and O–H groups in total. The van der Waals surface area contributed by atoms with Crippen molar-refractivity contribution in [3.63, 3.8) is 0 Å². The lowest BCUT2D eigenvalue weighted by Crippen LogP contribution is -2.56. The maximum absolute atomic E-state index is 13.0. The van der Waals surface area contributed by atoms with Crippen molar-refractivity contribution in [3.8, 4) is 11.3 Å². The summed E-state index contributed by atoms with van der Waals surface area (Å²) in [7, 11) is 0. The number of carbonyl (C=O) groups excluding carboxylic acids is 1. The SMILES string of the molecule is CCCCOC1=CC=C(CC(NC(=O)C(N)C(C)(C)C)C(O)CN(N)Cc2ccc(-c3ccccn3)cc2)CC1. The Labute approximate surface area is 239 Å². The van der Waals surface area contributed by atoms with Crippen molar-refractivity contribution in [2.75, 3.05) is 13.2 Å². The van der Waals surface area contributed by atoms with Gasteiger partial charge in [0.1, 0.15) is 0 Å². The largest absolute Gasteiger partial charge is 0.498 e. The quantitative estimate of drug-likeness (QED) is 0.156. The Kier molecular flexibility index (Phi) is 11.9. The zero-order valence-corrected chi connectivity index (χ0v) is 24.5. The Bertz CT molecular complexity index is 1130. The van der Waals surface area contributed by atoms with E-state index in [0.29, 0.717) is 13.0 Å². The van der Waals surface area contributed by atoms with Crippen LogP contribution in [0.15, 0.2) is 72.1 Å². The number of aliphatic hydroxyl groups is 1. The molecule has 0 saturated heterocycles. The standard InChI is InChI=1S/C32H47N5O3/c1-5-6-19-40-26-16-12-23(13-17-26)20-28(36-31(39)30(33)32(2,3)4)29(38)22-37(34)21-24-10-14-25(15-11-24)27-9-7-8-18-35-27/h7-12,14-16,18,28-30,38H,5-6,13,17,19-22,33-34H2,1-4H3,(H,36,39). The number of hydrogen-bond donors (Lipinski definition) is 4. The van der Waals surface area contributed by atoms with Crippen LogP contribution in [-0.4, -0.2) is 52.3 Å². The number of benzene rings is 1. The highest BCUT2D eigenvalue weighted by molar-refractivity contribution is 5.82. The van der Waals surface area contributed by atoms with Gasteiger partial charge < -0.3 is 20.9 Å². The minimum Gasteiger partial charge on any atom is -0.498 e. The van der Waals surface area contributed by atoms with Crippen LogP contribution in [0.3, 0.4) is 0 Å². The second kappa shape index (κ2) is 15.1. The third kappa shape index (κ3) is 9.86. The van der Waals surface area contributed by atoms with Crippen molar-refractivity contribution < 1.29 is 14.6 Å². The number of hydrogen-bond acceptors (Lipinski definition) is 7. The van der Waals surface area contributed by atoms with Gasteiger partial charge in [0.15, 0.2) is 0 Å². The highest BCUT2D eigenvalue weighted by Crippen LogP contribution is 2.25. The number of allylic oxidation sites excluding steroid dienone is 3. The molecule has 0 fully saturated rings. The van der Waals surface area contributed by atoms with Crippen molar-refractivity contribution in [2.45, 2.75) is 84.5 Å². The molecule has 1 aliphatic carbocycles. The first-order chi connectivity index (χ1) is 19.1. The predicted molar refractivity (Wildman–Crippen MR) is 161 cm³/mol. The van der Waals surface area contributed by atoms with Crippen molar-refractivity contribution in [2.24, 2.45) is 17.0 Å². The molecule has 1 aromatic heterocycles. The maximum Gasteiger partial charge on any atom is 0.237 e. The van der Waals surface area contributed by atoms with Crippen LogP contribution in [0, 0.1) is 5.41 Å². The van der Waals surface area contributed by atoms with Crippen molar-refractivity contribution >= 4 is 5.91 Å². The van der Waals surface area contributed by atoms with E-state index < -0.39 is 23.6 Å². The molecule has 1 heterocycles. The van der Waals surface area contributed by atoms with E-state index in [0.717, 1.165) is 60.4 Å². The summed E-state index contributed by atoms with van der Waals surface area (Å²) in [5, 5.41) is 15.9. The van der Waals surface area contributed by atoms with E-state index >= 15 is 0 Å². The minimum absolute atomic E-state index is 0.187. The van der Waals surface area contributed by atoms with Gasteiger partial charge in [-0.05, 0) is 48.4 Å². The number of nitrogens with one attached hydrogen (secondary N) is 1. The summed E-state index contributed by atoms with van der Waals surface area (Å²) in [6, 6.07) is 12.7. The van der Waals surface area contributed by atoms with E-state index in [9.17, 15) is 9.90 Å². The lowest BCUT2D eigenvalue weighted by atomic mass is 9.86. The van der Waals surface area contributed by atoms with Gasteiger partial charge in [-0.1, -0.05) is 76.1 Å². The molecule has 3 atom stereocenters. The summed E-state index contributed by atoms with van der Waals surface area (Å²) in [4.78, 5) is 17.4. The molecule has 40 heavy (non-hydrogen) atoms. The fourth-order valence-electron chi connectivity index (χ4n) is 4.51. The smallest absolute Gasteiger partial charge is 0.237 e. The van der Waals surface area contributed by atoms with E-state index in [2.05, 4.69) is 17.2 Å². The van der Waals surface area contributed by atoms with Gasteiger partial charge in [0.25, 0.3) is 0 Å². The van der Waals surface area contributed by atoms with Gasteiger partial charge in [0.2, 0.25) is 5.91 Å². The number of nitrogens with two attached hydrogens (primary N) is 2. The zero-order valence-electron chi connectivity index (χ0n) is 24.5. The highest BCUT2D eigenvalue weighted by Gasteiger charge is 2.31. The summed E-state index contributed by atoms with van der Waals surface area (Å²) in [6.07, 6.45) is 9.20. The molecule has 0 spiro atoms. The average molecular weight is 550 g/mol. The molecule has 0 saturated carbocycles. The van der Waals surface area contributed by atoms with Crippen molar-refractivity contribution in [3.05, 3.63) is 77.7 Å². The zero-order chi connectivity index (χ0) is 29.1. The number of hydrazine groups is 1. The average Bonchev–Trinajstić information content (AvgIpc) is 2.93. The lowest BCUT2D eigenvalue weighted by molar-refractivity contribution is -0.126. The number of unbranched alkanes of at least 4 members (excludes halogenated alkanes) is 1. The lowest BCUT2D eigenvalue weighted by Gasteiger charge is -2.32. The Morgan fingerprint density at radius 3 is 2.50 bits per heavy atom. The molecule has 0 bridgehead atoms. The molecule has 1 aliphatic rings. The summed E-state index contributed by atoms with van der Waals surface area (Å²) in [5.74, 6) is 7.05. The fraction of sp³-hybridized carbons (Fsp3) is 0.500. The van der Waals surface area contributed by atoms with Crippen LogP contribution in [-0.2, 0) is 16.1 Å². The second-order valence-electron chi connectivity index (χ2n) is 11.7. The van der Waals surface area contributed by atoms with Gasteiger partial charge >= 0.3 is 0 Å². The molecule has 1 amide bonds. The Morgan fingerprint density at radius 1 is 1.15 bits per heavy atom. The maximum atomic E-state index is 13.0. The van der Waals surface area contributed by atoms with Crippen LogP contribution in [0.4, 0.5) is 0 Å². The Hall–Kier alpha value is -3.04. The monoisotopic (exact) mass is 549 g/mol. The highest BCUT2D eigenvalue weighted by atomic mass is 16.5. The minimum atomic E-state index is -0.888. The molecule has 1 aromatic carbocycles. The number of aliphatic hydroxyl groups excluding tert-OH is 1. The van der Waals surface area contributed by atoms with Crippen LogP contribution in [0.25, 0.3) is 11.3 Å². The first kappa shape index (κ1) is 31.5. The first-order valence-electron chi connectivity index (χ1n) is 14.3. The van der Waals surface area contributed by atoms with Crippen LogP contribution in [0.5, 0.6) is 0 Å². The summed E-state index contributed by atoms with van der Waals surface area (Å²) in [6.45, 7) is 9.29. The topological polar surface area (TPSA) is 127 Å². The third-order valence-electron chi connectivity index (χ3n) is 7.19. The van der Waals surface area contributed by atoms with E-state index in [4.69, 9.17) is 16.3 Å². The molecule has 3 rings (SSSR count). The van der Waals surface area contributed by atoms with Crippen molar-refractivity contribution in [1.82, 2.24) is 15.3 Å². The fourth-order valence-corrected chi connectivity index (χ4v) is 4.51. The van der Waals surface area contributed by atoms with Crippen LogP contribution >= 0.6 is 0 Å². The molecule has 8 nitrogen and oxygen atoms in total. The molecule has 0 aliphatic heterocycles. The molecule has 8 heteroatoms. The number of carbonyl (C=O) groups is 1. The summed E-state index contributed by atoms with van der Waals surface area (Å²) < 4.78 is 5.85. The number of rotatable bonds is 14. The molecular formula is C32H47N5O3. The van der Waals surface area contributed by atoms with Gasteiger partial charge in [0.05, 0.1) is 36.2 Å².